The number of ether oxygens (including phenoxy) is 1. The van der Waals surface area contributed by atoms with Gasteiger partial charge in [0.25, 0.3) is 0 Å². The molecule has 0 heterocycles. The van der Waals surface area contributed by atoms with Gasteiger partial charge >= 0.3 is 0 Å². The van der Waals surface area contributed by atoms with Crippen molar-refractivity contribution in [2.24, 2.45) is 16.3 Å². The van der Waals surface area contributed by atoms with Crippen LogP contribution in [0.3, 0.4) is 0 Å². The van der Waals surface area contributed by atoms with Crippen molar-refractivity contribution in [2.75, 3.05) is 33.9 Å². The maximum atomic E-state index is 5.21. The number of aliphatic imine (C=N–C) groups is 1. The predicted octanol–water partition coefficient (Wildman–Crippen LogP) is 2.01. The summed E-state index contributed by atoms with van der Waals surface area (Å²) in [5.41, 5.74) is 0.436. The summed E-state index contributed by atoms with van der Waals surface area (Å²) in [6.45, 7) is 7.23. The van der Waals surface area contributed by atoms with E-state index in [9.17, 15) is 0 Å². The second-order valence-corrected chi connectivity index (χ2v) is 5.80. The van der Waals surface area contributed by atoms with Crippen LogP contribution in [0, 0.1) is 11.3 Å². The van der Waals surface area contributed by atoms with E-state index in [2.05, 4.69) is 29.5 Å². The monoisotopic (exact) mass is 255 g/mol. The van der Waals surface area contributed by atoms with Gasteiger partial charge in [-0.25, -0.2) is 0 Å². The molecule has 0 radical (unpaired) electrons. The first-order valence-corrected chi connectivity index (χ1v) is 7.05. The molecule has 4 heteroatoms. The number of nitrogens with one attached hydrogen (secondary N) is 2. The summed E-state index contributed by atoms with van der Waals surface area (Å²) in [7, 11) is 3.61. The van der Waals surface area contributed by atoms with Crippen LogP contribution in [0.2, 0.25) is 0 Å². The Balaban J connectivity index is 2.32. The van der Waals surface area contributed by atoms with Gasteiger partial charge in [-0.1, -0.05) is 20.3 Å². The molecular formula is C14H29N3O. The minimum absolute atomic E-state index is 0.436. The third-order valence-electron chi connectivity index (χ3n) is 3.78. The summed E-state index contributed by atoms with van der Waals surface area (Å²) < 4.78 is 5.21. The van der Waals surface area contributed by atoms with E-state index in [1.807, 2.05) is 7.05 Å². The van der Waals surface area contributed by atoms with Crippen molar-refractivity contribution in [2.45, 2.75) is 39.5 Å². The molecule has 0 saturated heterocycles. The number of rotatable bonds is 7. The van der Waals surface area contributed by atoms with Crippen LogP contribution < -0.4 is 10.6 Å². The highest BCUT2D eigenvalue weighted by atomic mass is 16.5. The van der Waals surface area contributed by atoms with E-state index in [-0.39, 0.29) is 0 Å². The topological polar surface area (TPSA) is 45.7 Å². The van der Waals surface area contributed by atoms with Crippen LogP contribution in [0.5, 0.6) is 0 Å². The van der Waals surface area contributed by atoms with Crippen LogP contribution in [0.4, 0.5) is 0 Å². The molecule has 0 bridgehead atoms. The van der Waals surface area contributed by atoms with E-state index in [1.54, 1.807) is 7.11 Å². The Morgan fingerprint density at radius 3 is 2.50 bits per heavy atom. The van der Waals surface area contributed by atoms with Gasteiger partial charge in [0.1, 0.15) is 0 Å². The maximum Gasteiger partial charge on any atom is 0.191 e. The van der Waals surface area contributed by atoms with Gasteiger partial charge in [0.05, 0.1) is 0 Å². The minimum Gasteiger partial charge on any atom is -0.385 e. The molecule has 0 aromatic carbocycles. The van der Waals surface area contributed by atoms with E-state index in [4.69, 9.17) is 4.74 Å². The molecule has 4 nitrogen and oxygen atoms in total. The molecule has 0 unspecified atom stereocenters. The van der Waals surface area contributed by atoms with Crippen molar-refractivity contribution in [1.29, 1.82) is 0 Å². The van der Waals surface area contributed by atoms with Gasteiger partial charge in [-0.05, 0) is 30.6 Å². The summed E-state index contributed by atoms with van der Waals surface area (Å²) in [5.74, 6) is 1.56. The van der Waals surface area contributed by atoms with E-state index in [0.717, 1.165) is 32.1 Å². The normalized spacial score (nSPS) is 18.6. The molecule has 1 saturated carbocycles. The second-order valence-electron chi connectivity index (χ2n) is 5.80. The molecule has 2 N–H and O–H groups in total. The zero-order valence-electron chi connectivity index (χ0n) is 12.4. The van der Waals surface area contributed by atoms with Crippen molar-refractivity contribution in [3.63, 3.8) is 0 Å². The average molecular weight is 255 g/mol. The SMILES string of the molecule is CN=C(NCC(C)C)NCC1(CCOC)CCC1. The van der Waals surface area contributed by atoms with Gasteiger partial charge in [-0.15, -0.1) is 0 Å². The maximum absolute atomic E-state index is 5.21. The van der Waals surface area contributed by atoms with Crippen LogP contribution in [0.1, 0.15) is 39.5 Å². The van der Waals surface area contributed by atoms with Crippen molar-refractivity contribution in [3.05, 3.63) is 0 Å². The van der Waals surface area contributed by atoms with Crippen LogP contribution in [-0.2, 0) is 4.74 Å². The molecule has 1 rings (SSSR count). The van der Waals surface area contributed by atoms with Gasteiger partial charge in [-0.3, -0.25) is 4.99 Å². The highest BCUT2D eigenvalue weighted by Crippen LogP contribution is 2.43. The van der Waals surface area contributed by atoms with Crippen LogP contribution in [0.25, 0.3) is 0 Å². The lowest BCUT2D eigenvalue weighted by atomic mass is 9.67. The fraction of sp³-hybridized carbons (Fsp3) is 0.929. The fourth-order valence-corrected chi connectivity index (χ4v) is 2.30. The molecule has 1 aliphatic rings. The summed E-state index contributed by atoms with van der Waals surface area (Å²) in [6.07, 6.45) is 5.12. The van der Waals surface area contributed by atoms with Crippen molar-refractivity contribution >= 4 is 5.96 Å². The van der Waals surface area contributed by atoms with Crippen molar-refractivity contribution < 1.29 is 4.74 Å². The molecule has 1 fully saturated rings. The molecule has 106 valence electrons. The zero-order chi connectivity index (χ0) is 13.4. The number of methoxy groups -OCH3 is 1. The van der Waals surface area contributed by atoms with Crippen LogP contribution in [-0.4, -0.2) is 39.8 Å². The molecule has 0 aromatic rings. The van der Waals surface area contributed by atoms with Gasteiger partial charge in [0.2, 0.25) is 0 Å². The Morgan fingerprint density at radius 2 is 2.06 bits per heavy atom. The summed E-state index contributed by atoms with van der Waals surface area (Å²) in [4.78, 5) is 4.26. The Morgan fingerprint density at radius 1 is 1.33 bits per heavy atom. The number of hydrogen-bond acceptors (Lipinski definition) is 2. The molecule has 0 aromatic heterocycles. The Labute approximate surface area is 112 Å². The lowest BCUT2D eigenvalue weighted by molar-refractivity contribution is 0.0732. The third kappa shape index (κ3) is 4.84. The minimum atomic E-state index is 0.436. The molecule has 0 atom stereocenters. The van der Waals surface area contributed by atoms with E-state index < -0.39 is 0 Å². The highest BCUT2D eigenvalue weighted by Gasteiger charge is 2.36. The first-order chi connectivity index (χ1) is 8.62. The second kappa shape index (κ2) is 7.62. The Hall–Kier alpha value is -0.770. The quantitative estimate of drug-likeness (QED) is 0.540. The molecule has 1 aliphatic carbocycles. The number of nitrogens with zero attached hydrogens (tertiary/aromatic N) is 1. The molecule has 0 spiro atoms. The van der Waals surface area contributed by atoms with Gasteiger partial charge < -0.3 is 15.4 Å². The van der Waals surface area contributed by atoms with E-state index >= 15 is 0 Å². The molecule has 18 heavy (non-hydrogen) atoms. The largest absolute Gasteiger partial charge is 0.385 e. The molecule has 0 aliphatic heterocycles. The molecule has 0 amide bonds. The Kier molecular flexibility index (Phi) is 6.47. The Bertz CT molecular complexity index is 260. The summed E-state index contributed by atoms with van der Waals surface area (Å²) >= 11 is 0. The standard InChI is InChI=1S/C14H29N3O/c1-12(2)10-16-13(15-3)17-11-14(6-5-7-14)8-9-18-4/h12H,5-11H2,1-4H3,(H2,15,16,17). The zero-order valence-corrected chi connectivity index (χ0v) is 12.4. The number of guanidine groups is 1. The third-order valence-corrected chi connectivity index (χ3v) is 3.78. The van der Waals surface area contributed by atoms with Gasteiger partial charge in [0.15, 0.2) is 5.96 Å². The first-order valence-electron chi connectivity index (χ1n) is 7.05. The van der Waals surface area contributed by atoms with Crippen molar-refractivity contribution in [1.82, 2.24) is 10.6 Å². The van der Waals surface area contributed by atoms with Crippen molar-refractivity contribution in [3.8, 4) is 0 Å². The lowest BCUT2D eigenvalue weighted by Gasteiger charge is -2.42. The lowest BCUT2D eigenvalue weighted by Crippen LogP contribution is -2.47. The average Bonchev–Trinajstić information content (AvgIpc) is 2.30. The van der Waals surface area contributed by atoms with E-state index in [0.29, 0.717) is 11.3 Å². The molecular weight excluding hydrogens is 226 g/mol. The number of hydrogen-bond donors (Lipinski definition) is 2. The smallest absolute Gasteiger partial charge is 0.191 e. The van der Waals surface area contributed by atoms with Gasteiger partial charge in [0, 0.05) is 33.9 Å². The van der Waals surface area contributed by atoms with E-state index in [1.165, 1.54) is 19.3 Å². The summed E-state index contributed by atoms with van der Waals surface area (Å²) in [5, 5.41) is 6.81. The van der Waals surface area contributed by atoms with Gasteiger partial charge in [-0.2, -0.15) is 0 Å². The van der Waals surface area contributed by atoms with Crippen LogP contribution in [0.15, 0.2) is 4.99 Å². The van der Waals surface area contributed by atoms with Crippen LogP contribution >= 0.6 is 0 Å². The predicted molar refractivity (Wildman–Crippen MR) is 77.0 cm³/mol. The summed E-state index contributed by atoms with van der Waals surface area (Å²) in [6, 6.07) is 0. The fourth-order valence-electron chi connectivity index (χ4n) is 2.30. The first kappa shape index (κ1) is 15.3. The highest BCUT2D eigenvalue weighted by molar-refractivity contribution is 5.79.